The first kappa shape index (κ1) is 19.1. The molecule has 0 aromatic heterocycles. The molecule has 0 bridgehead atoms. The van der Waals surface area contributed by atoms with E-state index in [1.54, 1.807) is 4.31 Å². The maximum Gasteiger partial charge on any atom is 0.490 e. The first-order chi connectivity index (χ1) is 10.1. The van der Waals surface area contributed by atoms with Crippen molar-refractivity contribution in [1.29, 1.82) is 0 Å². The number of nitrogens with zero attached hydrogens (tertiary/aromatic N) is 2. The molecule has 130 valence electrons. The Morgan fingerprint density at radius 1 is 1.14 bits per heavy atom. The van der Waals surface area contributed by atoms with Gasteiger partial charge in [0.1, 0.15) is 0 Å². The van der Waals surface area contributed by atoms with E-state index in [2.05, 4.69) is 10.2 Å². The molecule has 22 heavy (non-hydrogen) atoms. The van der Waals surface area contributed by atoms with E-state index in [1.165, 1.54) is 0 Å². The maximum absolute atomic E-state index is 11.5. The SMILES string of the molecule is O=C(O)C(F)(F)F.O=S1(=O)CCCN1CCN1CCNCC1. The standard InChI is InChI=1S/C9H19N3O2S.C2HF3O2/c13-15(14)9-1-4-12(15)8-7-11-5-2-10-3-6-11;3-2(4,5)1(6)7/h10H,1-9H2;(H,6,7). The Kier molecular flexibility index (Phi) is 7.03. The quantitative estimate of drug-likeness (QED) is 0.720. The van der Waals surface area contributed by atoms with Gasteiger partial charge in [-0.05, 0) is 6.42 Å². The number of piperazine rings is 1. The van der Waals surface area contributed by atoms with Crippen molar-refractivity contribution < 1.29 is 31.5 Å². The van der Waals surface area contributed by atoms with Crippen molar-refractivity contribution in [2.24, 2.45) is 0 Å². The highest BCUT2D eigenvalue weighted by molar-refractivity contribution is 7.89. The van der Waals surface area contributed by atoms with Crippen molar-refractivity contribution in [2.45, 2.75) is 12.6 Å². The van der Waals surface area contributed by atoms with Crippen LogP contribution >= 0.6 is 0 Å². The fourth-order valence-corrected chi connectivity index (χ4v) is 3.65. The lowest BCUT2D eigenvalue weighted by Crippen LogP contribution is -2.46. The summed E-state index contributed by atoms with van der Waals surface area (Å²) >= 11 is 0. The number of nitrogens with one attached hydrogen (secondary N) is 1. The van der Waals surface area contributed by atoms with Crippen LogP contribution in [-0.4, -0.2) is 86.4 Å². The van der Waals surface area contributed by atoms with Crippen molar-refractivity contribution in [1.82, 2.24) is 14.5 Å². The third-order valence-corrected chi connectivity index (χ3v) is 5.28. The van der Waals surface area contributed by atoms with Gasteiger partial charge in [0, 0.05) is 45.8 Å². The van der Waals surface area contributed by atoms with Gasteiger partial charge in [-0.2, -0.15) is 13.2 Å². The summed E-state index contributed by atoms with van der Waals surface area (Å²) in [6, 6.07) is 0. The van der Waals surface area contributed by atoms with Crippen LogP contribution in [0.2, 0.25) is 0 Å². The van der Waals surface area contributed by atoms with Crippen LogP contribution in [0.1, 0.15) is 6.42 Å². The predicted molar refractivity (Wildman–Crippen MR) is 73.0 cm³/mol. The minimum Gasteiger partial charge on any atom is -0.475 e. The summed E-state index contributed by atoms with van der Waals surface area (Å²) in [5.74, 6) is -2.42. The van der Waals surface area contributed by atoms with Gasteiger partial charge in [0.15, 0.2) is 0 Å². The molecule has 0 unspecified atom stereocenters. The Hall–Kier alpha value is -0.910. The van der Waals surface area contributed by atoms with Crippen molar-refractivity contribution >= 4 is 16.0 Å². The van der Waals surface area contributed by atoms with E-state index in [9.17, 15) is 21.6 Å². The molecule has 0 spiro atoms. The van der Waals surface area contributed by atoms with E-state index < -0.39 is 22.2 Å². The number of halogens is 3. The number of carboxylic acids is 1. The van der Waals surface area contributed by atoms with Crippen LogP contribution in [0.5, 0.6) is 0 Å². The van der Waals surface area contributed by atoms with Crippen molar-refractivity contribution in [3.63, 3.8) is 0 Å². The molecule has 0 aromatic rings. The molecule has 0 amide bonds. The van der Waals surface area contributed by atoms with E-state index in [-0.39, 0.29) is 0 Å². The van der Waals surface area contributed by atoms with Crippen LogP contribution in [0.4, 0.5) is 13.2 Å². The van der Waals surface area contributed by atoms with Gasteiger partial charge < -0.3 is 10.4 Å². The zero-order valence-electron chi connectivity index (χ0n) is 12.0. The molecule has 7 nitrogen and oxygen atoms in total. The normalized spacial score (nSPS) is 22.9. The first-order valence-corrected chi connectivity index (χ1v) is 8.45. The lowest BCUT2D eigenvalue weighted by Gasteiger charge is -2.28. The van der Waals surface area contributed by atoms with Gasteiger partial charge in [0.25, 0.3) is 0 Å². The molecule has 11 heteroatoms. The van der Waals surface area contributed by atoms with E-state index in [0.29, 0.717) is 18.8 Å². The molecule has 0 atom stereocenters. The molecule has 2 aliphatic heterocycles. The van der Waals surface area contributed by atoms with Gasteiger partial charge in [-0.1, -0.05) is 0 Å². The van der Waals surface area contributed by atoms with E-state index in [4.69, 9.17) is 9.90 Å². The topological polar surface area (TPSA) is 89.9 Å². The van der Waals surface area contributed by atoms with Crippen molar-refractivity contribution in [3.8, 4) is 0 Å². The highest BCUT2D eigenvalue weighted by Crippen LogP contribution is 2.13. The summed E-state index contributed by atoms with van der Waals surface area (Å²) in [4.78, 5) is 11.2. The maximum atomic E-state index is 11.5. The van der Waals surface area contributed by atoms with Crippen LogP contribution in [0.25, 0.3) is 0 Å². The number of carboxylic acid groups (broad SMARTS) is 1. The molecule has 0 aliphatic carbocycles. The fourth-order valence-electron chi connectivity index (χ4n) is 2.13. The average Bonchev–Trinajstić information content (AvgIpc) is 2.76. The number of hydrogen-bond donors (Lipinski definition) is 2. The summed E-state index contributed by atoms with van der Waals surface area (Å²) in [7, 11) is -2.90. The van der Waals surface area contributed by atoms with E-state index >= 15 is 0 Å². The Labute approximate surface area is 127 Å². The number of carbonyl (C=O) groups is 1. The minimum absolute atomic E-state index is 0.342. The Morgan fingerprint density at radius 2 is 1.68 bits per heavy atom. The number of rotatable bonds is 3. The first-order valence-electron chi connectivity index (χ1n) is 6.84. The molecule has 2 aliphatic rings. The van der Waals surface area contributed by atoms with Crippen molar-refractivity contribution in [3.05, 3.63) is 0 Å². The smallest absolute Gasteiger partial charge is 0.475 e. The van der Waals surface area contributed by atoms with Gasteiger partial charge in [-0.3, -0.25) is 4.90 Å². The minimum atomic E-state index is -5.08. The van der Waals surface area contributed by atoms with Crippen LogP contribution in [0.3, 0.4) is 0 Å². The van der Waals surface area contributed by atoms with Gasteiger partial charge in [-0.15, -0.1) is 0 Å². The monoisotopic (exact) mass is 347 g/mol. The molecule has 0 aromatic carbocycles. The molecule has 0 saturated carbocycles. The Bertz CT molecular complexity index is 464. The average molecular weight is 347 g/mol. The third kappa shape index (κ3) is 6.46. The Balaban J connectivity index is 0.000000295. The van der Waals surface area contributed by atoms with Gasteiger partial charge in [0.2, 0.25) is 10.0 Å². The molecular weight excluding hydrogens is 327 g/mol. The van der Waals surface area contributed by atoms with E-state index in [0.717, 1.165) is 39.1 Å². The van der Waals surface area contributed by atoms with E-state index in [1.807, 2.05) is 0 Å². The molecule has 2 heterocycles. The molecule has 0 radical (unpaired) electrons. The van der Waals surface area contributed by atoms with Crippen LogP contribution in [0.15, 0.2) is 0 Å². The molecular formula is C11H20F3N3O4S. The van der Waals surface area contributed by atoms with Gasteiger partial charge >= 0.3 is 12.1 Å². The summed E-state index contributed by atoms with van der Waals surface area (Å²) in [5, 5.41) is 10.4. The summed E-state index contributed by atoms with van der Waals surface area (Å²) in [6.07, 6.45) is -4.29. The lowest BCUT2D eigenvalue weighted by atomic mass is 10.3. The number of hydrogen-bond acceptors (Lipinski definition) is 5. The molecule has 2 rings (SSSR count). The van der Waals surface area contributed by atoms with Crippen LogP contribution in [0, 0.1) is 0 Å². The Morgan fingerprint density at radius 3 is 2.09 bits per heavy atom. The van der Waals surface area contributed by atoms with Gasteiger partial charge in [-0.25, -0.2) is 17.5 Å². The second kappa shape index (κ2) is 8.09. The second-order valence-electron chi connectivity index (χ2n) is 4.96. The number of alkyl halides is 3. The summed E-state index contributed by atoms with van der Waals surface area (Å²) in [5.41, 5.74) is 0. The summed E-state index contributed by atoms with van der Waals surface area (Å²) < 4.78 is 56.4. The number of sulfonamides is 1. The summed E-state index contributed by atoms with van der Waals surface area (Å²) in [6.45, 7) is 6.37. The zero-order chi connectivity index (χ0) is 16.8. The number of aliphatic carboxylic acids is 1. The third-order valence-electron chi connectivity index (χ3n) is 3.32. The molecule has 2 fully saturated rings. The van der Waals surface area contributed by atoms with Crippen LogP contribution < -0.4 is 5.32 Å². The molecule has 2 saturated heterocycles. The fraction of sp³-hybridized carbons (Fsp3) is 0.909. The second-order valence-corrected chi connectivity index (χ2v) is 7.05. The highest BCUT2D eigenvalue weighted by Gasteiger charge is 2.38. The zero-order valence-corrected chi connectivity index (χ0v) is 12.8. The lowest BCUT2D eigenvalue weighted by molar-refractivity contribution is -0.192. The van der Waals surface area contributed by atoms with Crippen molar-refractivity contribution in [2.75, 3.05) is 51.6 Å². The predicted octanol–water partition coefficient (Wildman–Crippen LogP) is -0.440. The largest absolute Gasteiger partial charge is 0.490 e. The molecule has 2 N–H and O–H groups in total. The van der Waals surface area contributed by atoms with Gasteiger partial charge in [0.05, 0.1) is 5.75 Å². The van der Waals surface area contributed by atoms with Crippen LogP contribution in [-0.2, 0) is 14.8 Å². The highest BCUT2D eigenvalue weighted by atomic mass is 32.2.